The van der Waals surface area contributed by atoms with Crippen LogP contribution in [0.15, 0.2) is 0 Å². The van der Waals surface area contributed by atoms with Crippen LogP contribution in [-0.2, 0) is 4.74 Å². The van der Waals surface area contributed by atoms with Crippen molar-refractivity contribution in [1.82, 2.24) is 4.90 Å². The molecule has 1 aliphatic heterocycles. The number of rotatable bonds is 3. The molecule has 2 heteroatoms. The standard InChI is InChI=1S/C15H31NO/c1-14(2,3)11-17-12-16-9-7-13(8-10-16)15(4,5)6/h13H,7-12H2,1-6H3. The van der Waals surface area contributed by atoms with Crippen LogP contribution in [0.5, 0.6) is 0 Å². The first kappa shape index (κ1) is 15.0. The summed E-state index contributed by atoms with van der Waals surface area (Å²) in [4.78, 5) is 2.45. The molecule has 0 aliphatic carbocycles. The molecule has 0 amide bonds. The molecule has 1 saturated heterocycles. The molecule has 0 atom stereocenters. The molecule has 1 rings (SSSR count). The Bertz CT molecular complexity index is 213. The third-order valence-electron chi connectivity index (χ3n) is 3.62. The van der Waals surface area contributed by atoms with E-state index in [1.807, 2.05) is 0 Å². The third kappa shape index (κ3) is 5.87. The Kier molecular flexibility index (Phi) is 5.03. The lowest BCUT2D eigenvalue weighted by molar-refractivity contribution is -0.0249. The van der Waals surface area contributed by atoms with Gasteiger partial charge in [-0.05, 0) is 29.6 Å². The fourth-order valence-electron chi connectivity index (χ4n) is 2.41. The third-order valence-corrected chi connectivity index (χ3v) is 3.62. The van der Waals surface area contributed by atoms with E-state index in [-0.39, 0.29) is 5.41 Å². The molecule has 17 heavy (non-hydrogen) atoms. The predicted octanol–water partition coefficient (Wildman–Crippen LogP) is 3.76. The van der Waals surface area contributed by atoms with Crippen molar-refractivity contribution in [2.75, 3.05) is 26.4 Å². The largest absolute Gasteiger partial charge is 0.366 e. The van der Waals surface area contributed by atoms with Gasteiger partial charge in [0.1, 0.15) is 0 Å². The van der Waals surface area contributed by atoms with Gasteiger partial charge in [-0.2, -0.15) is 0 Å². The van der Waals surface area contributed by atoms with Crippen molar-refractivity contribution in [3.05, 3.63) is 0 Å². The van der Waals surface area contributed by atoms with E-state index in [2.05, 4.69) is 46.4 Å². The summed E-state index contributed by atoms with van der Waals surface area (Å²) in [7, 11) is 0. The minimum Gasteiger partial charge on any atom is -0.366 e. The molecule has 0 spiro atoms. The molecule has 0 bridgehead atoms. The van der Waals surface area contributed by atoms with E-state index in [1.165, 1.54) is 25.9 Å². The molecule has 0 radical (unpaired) electrons. The second-order valence-electron chi connectivity index (χ2n) is 7.80. The molecule has 102 valence electrons. The predicted molar refractivity (Wildman–Crippen MR) is 74.0 cm³/mol. The van der Waals surface area contributed by atoms with Gasteiger partial charge < -0.3 is 4.74 Å². The van der Waals surface area contributed by atoms with E-state index < -0.39 is 0 Å². The van der Waals surface area contributed by atoms with Crippen molar-refractivity contribution in [3.63, 3.8) is 0 Å². The fourth-order valence-corrected chi connectivity index (χ4v) is 2.41. The number of hydrogen-bond donors (Lipinski definition) is 0. The van der Waals surface area contributed by atoms with Gasteiger partial charge in [0.2, 0.25) is 0 Å². The Hall–Kier alpha value is -0.0800. The van der Waals surface area contributed by atoms with Crippen molar-refractivity contribution in [2.45, 2.75) is 54.4 Å². The number of likely N-dealkylation sites (tertiary alicyclic amines) is 1. The monoisotopic (exact) mass is 241 g/mol. The Balaban J connectivity index is 2.20. The summed E-state index contributed by atoms with van der Waals surface area (Å²) >= 11 is 0. The lowest BCUT2D eigenvalue weighted by Gasteiger charge is -2.38. The topological polar surface area (TPSA) is 12.5 Å². The van der Waals surface area contributed by atoms with Crippen LogP contribution in [0.2, 0.25) is 0 Å². The molecule has 0 N–H and O–H groups in total. The van der Waals surface area contributed by atoms with Crippen LogP contribution in [0.3, 0.4) is 0 Å². The summed E-state index contributed by atoms with van der Waals surface area (Å²) in [6, 6.07) is 0. The lowest BCUT2D eigenvalue weighted by atomic mass is 9.75. The molecule has 1 heterocycles. The van der Waals surface area contributed by atoms with E-state index >= 15 is 0 Å². The van der Waals surface area contributed by atoms with Gasteiger partial charge >= 0.3 is 0 Å². The SMILES string of the molecule is CC(C)(C)COCN1CCC(C(C)(C)C)CC1. The van der Waals surface area contributed by atoms with Crippen LogP contribution in [0.25, 0.3) is 0 Å². The minimum absolute atomic E-state index is 0.281. The van der Waals surface area contributed by atoms with E-state index in [1.54, 1.807) is 0 Å². The summed E-state index contributed by atoms with van der Waals surface area (Å²) in [6.45, 7) is 17.8. The fraction of sp³-hybridized carbons (Fsp3) is 1.00. The van der Waals surface area contributed by atoms with Crippen LogP contribution in [0.4, 0.5) is 0 Å². The van der Waals surface area contributed by atoms with Crippen LogP contribution >= 0.6 is 0 Å². The highest BCUT2D eigenvalue weighted by atomic mass is 16.5. The Labute approximate surface area is 108 Å². The highest BCUT2D eigenvalue weighted by Crippen LogP contribution is 2.34. The van der Waals surface area contributed by atoms with Gasteiger partial charge in [-0.1, -0.05) is 41.5 Å². The number of ether oxygens (including phenoxy) is 1. The maximum absolute atomic E-state index is 5.78. The summed E-state index contributed by atoms with van der Waals surface area (Å²) in [6.07, 6.45) is 2.64. The Morgan fingerprint density at radius 2 is 1.53 bits per heavy atom. The minimum atomic E-state index is 0.281. The van der Waals surface area contributed by atoms with Gasteiger partial charge in [0.25, 0.3) is 0 Å². The van der Waals surface area contributed by atoms with Crippen molar-refractivity contribution < 1.29 is 4.74 Å². The second-order valence-corrected chi connectivity index (χ2v) is 7.80. The van der Waals surface area contributed by atoms with Gasteiger partial charge in [0, 0.05) is 13.1 Å². The van der Waals surface area contributed by atoms with Crippen LogP contribution in [-0.4, -0.2) is 31.3 Å². The second kappa shape index (κ2) is 5.71. The maximum Gasteiger partial charge on any atom is 0.0990 e. The van der Waals surface area contributed by atoms with Gasteiger partial charge in [-0.25, -0.2) is 0 Å². The summed E-state index contributed by atoms with van der Waals surface area (Å²) in [5, 5.41) is 0. The van der Waals surface area contributed by atoms with Gasteiger partial charge in [-0.3, -0.25) is 4.90 Å². The smallest absolute Gasteiger partial charge is 0.0990 e. The molecule has 0 aromatic carbocycles. The van der Waals surface area contributed by atoms with Gasteiger partial charge in [0.15, 0.2) is 0 Å². The average molecular weight is 241 g/mol. The maximum atomic E-state index is 5.78. The zero-order valence-electron chi connectivity index (χ0n) is 12.7. The number of nitrogens with zero attached hydrogens (tertiary/aromatic N) is 1. The Morgan fingerprint density at radius 3 is 1.94 bits per heavy atom. The average Bonchev–Trinajstić information content (AvgIpc) is 2.15. The summed E-state index contributed by atoms with van der Waals surface area (Å²) in [5.41, 5.74) is 0.752. The molecule has 2 nitrogen and oxygen atoms in total. The van der Waals surface area contributed by atoms with Crippen LogP contribution in [0.1, 0.15) is 54.4 Å². The van der Waals surface area contributed by atoms with Crippen LogP contribution < -0.4 is 0 Å². The normalized spacial score (nSPS) is 20.8. The lowest BCUT2D eigenvalue weighted by Crippen LogP contribution is -2.39. The molecule has 0 aromatic heterocycles. The van der Waals surface area contributed by atoms with Crippen molar-refractivity contribution in [2.24, 2.45) is 16.7 Å². The van der Waals surface area contributed by atoms with E-state index in [0.717, 1.165) is 19.3 Å². The number of piperidine rings is 1. The zero-order chi connectivity index (χ0) is 13.1. The quantitative estimate of drug-likeness (QED) is 0.746. The van der Waals surface area contributed by atoms with E-state index in [9.17, 15) is 0 Å². The molecule has 0 unspecified atom stereocenters. The van der Waals surface area contributed by atoms with E-state index in [0.29, 0.717) is 5.41 Å². The first-order chi connectivity index (χ1) is 7.68. The molecular formula is C15H31NO. The van der Waals surface area contributed by atoms with Crippen molar-refractivity contribution in [3.8, 4) is 0 Å². The molecule has 1 fully saturated rings. The Morgan fingerprint density at radius 1 is 1.00 bits per heavy atom. The first-order valence-corrected chi connectivity index (χ1v) is 6.98. The van der Waals surface area contributed by atoms with Gasteiger partial charge in [-0.15, -0.1) is 0 Å². The highest BCUT2D eigenvalue weighted by molar-refractivity contribution is 4.79. The van der Waals surface area contributed by atoms with Gasteiger partial charge in [0.05, 0.1) is 13.3 Å². The molecule has 1 aliphatic rings. The molecule has 0 saturated carbocycles. The molecular weight excluding hydrogens is 210 g/mol. The number of hydrogen-bond acceptors (Lipinski definition) is 2. The summed E-state index contributed by atoms with van der Waals surface area (Å²) in [5.74, 6) is 0.876. The summed E-state index contributed by atoms with van der Waals surface area (Å²) < 4.78 is 5.78. The van der Waals surface area contributed by atoms with E-state index in [4.69, 9.17) is 4.74 Å². The highest BCUT2D eigenvalue weighted by Gasteiger charge is 2.28. The zero-order valence-corrected chi connectivity index (χ0v) is 12.7. The molecule has 0 aromatic rings. The first-order valence-electron chi connectivity index (χ1n) is 6.98. The van der Waals surface area contributed by atoms with Crippen molar-refractivity contribution in [1.29, 1.82) is 0 Å². The van der Waals surface area contributed by atoms with Crippen molar-refractivity contribution >= 4 is 0 Å². The van der Waals surface area contributed by atoms with Crippen LogP contribution in [0, 0.1) is 16.7 Å².